The fourth-order valence-electron chi connectivity index (χ4n) is 3.87. The summed E-state index contributed by atoms with van der Waals surface area (Å²) in [5.74, 6) is 1.91. The number of fused-ring (bicyclic) bond motifs is 2. The zero-order valence-corrected chi connectivity index (χ0v) is 18.5. The van der Waals surface area contributed by atoms with E-state index in [-0.39, 0.29) is 0 Å². The van der Waals surface area contributed by atoms with Crippen LogP contribution in [0.1, 0.15) is 75.1 Å². The summed E-state index contributed by atoms with van der Waals surface area (Å²) < 4.78 is 3.92. The summed E-state index contributed by atoms with van der Waals surface area (Å²) in [5, 5.41) is 11.5. The fraction of sp³-hybridized carbons (Fsp3) is 0.440. The van der Waals surface area contributed by atoms with Gasteiger partial charge in [-0.15, -0.1) is 0 Å². The van der Waals surface area contributed by atoms with E-state index in [9.17, 15) is 0 Å². The third-order valence-corrected chi connectivity index (χ3v) is 5.97. The van der Waals surface area contributed by atoms with Crippen molar-refractivity contribution in [3.63, 3.8) is 0 Å². The van der Waals surface area contributed by atoms with Crippen molar-refractivity contribution < 1.29 is 0 Å². The van der Waals surface area contributed by atoms with Gasteiger partial charge in [-0.3, -0.25) is 9.36 Å². The van der Waals surface area contributed by atoms with E-state index >= 15 is 0 Å². The van der Waals surface area contributed by atoms with Crippen molar-refractivity contribution in [2.24, 2.45) is 14.1 Å². The van der Waals surface area contributed by atoms with Crippen molar-refractivity contribution >= 4 is 21.8 Å². The lowest BCUT2D eigenvalue weighted by Crippen LogP contribution is -1.90. The molecule has 2 aromatic heterocycles. The van der Waals surface area contributed by atoms with Crippen molar-refractivity contribution in [2.75, 3.05) is 0 Å². The van der Waals surface area contributed by atoms with Gasteiger partial charge in [0, 0.05) is 30.8 Å². The number of rotatable bonds is 3. The van der Waals surface area contributed by atoms with Gasteiger partial charge in [0.1, 0.15) is 0 Å². The summed E-state index contributed by atoms with van der Waals surface area (Å²) in [5.41, 5.74) is 6.58. The third-order valence-electron chi connectivity index (χ3n) is 5.97. The average molecular weight is 389 g/mol. The summed E-state index contributed by atoms with van der Waals surface area (Å²) >= 11 is 0. The van der Waals surface area contributed by atoms with Gasteiger partial charge in [-0.25, -0.2) is 0 Å². The third kappa shape index (κ3) is 3.93. The van der Waals surface area contributed by atoms with E-state index in [1.807, 2.05) is 29.7 Å². The molecule has 29 heavy (non-hydrogen) atoms. The Morgan fingerprint density at radius 2 is 1.45 bits per heavy atom. The first-order valence-electron chi connectivity index (χ1n) is 10.7. The first-order valence-corrected chi connectivity index (χ1v) is 10.7. The maximum atomic E-state index is 4.67. The first kappa shape index (κ1) is 19.7. The molecule has 0 radical (unpaired) electrons. The molecule has 0 N–H and O–H groups in total. The lowest BCUT2D eigenvalue weighted by molar-refractivity contribution is 0.767. The molecule has 0 aliphatic heterocycles. The second kappa shape index (κ2) is 7.66. The Bertz CT molecular complexity index is 1140. The molecule has 0 unspecified atom stereocenters. The zero-order valence-electron chi connectivity index (χ0n) is 18.5. The van der Waals surface area contributed by atoms with Crippen molar-refractivity contribution in [2.45, 2.75) is 58.3 Å². The topological polar surface area (TPSA) is 35.6 Å². The Balaban J connectivity index is 0.000000145. The average Bonchev–Trinajstić information content (AvgIpc) is 3.41. The summed E-state index contributed by atoms with van der Waals surface area (Å²) in [7, 11) is 4.01. The molecule has 5 rings (SSSR count). The van der Waals surface area contributed by atoms with Crippen LogP contribution in [-0.2, 0) is 14.1 Å². The monoisotopic (exact) mass is 388 g/mol. The molecule has 1 fully saturated rings. The molecule has 4 aromatic rings. The van der Waals surface area contributed by atoms with Crippen LogP contribution in [0.2, 0.25) is 0 Å². The molecule has 1 aliphatic carbocycles. The number of aryl methyl sites for hydroxylation is 2. The molecule has 2 heterocycles. The van der Waals surface area contributed by atoms with Crippen molar-refractivity contribution in [1.29, 1.82) is 0 Å². The summed E-state index contributed by atoms with van der Waals surface area (Å²) in [6.07, 6.45) is 4.55. The van der Waals surface area contributed by atoms with Gasteiger partial charge in [0.2, 0.25) is 0 Å². The summed E-state index contributed by atoms with van der Waals surface area (Å²) in [6, 6.07) is 13.3. The lowest BCUT2D eigenvalue weighted by atomic mass is 10.0. The standard InChI is InChI=1S/C14H18N2.C11H14N2/c1-9(2)11-6-7-13-12(8-11)14(10-4-5-10)15-16(13)3;1-8(2)9-4-5-11-10(6-9)7-12-13(11)3/h6-10H,4-5H2,1-3H3;4-8H,1-3H3. The minimum atomic E-state index is 0.588. The number of hydrogen-bond acceptors (Lipinski definition) is 2. The Kier molecular flexibility index (Phi) is 5.20. The smallest absolute Gasteiger partial charge is 0.0734 e. The molecule has 152 valence electrons. The van der Waals surface area contributed by atoms with Gasteiger partial charge in [0.15, 0.2) is 0 Å². The van der Waals surface area contributed by atoms with E-state index in [0.717, 1.165) is 5.92 Å². The SMILES string of the molecule is CC(C)c1ccc2c(c1)c(C1CC1)nn2C.CC(C)c1ccc2c(cnn2C)c1. The molecule has 0 bridgehead atoms. The Labute approximate surface area is 173 Å². The Morgan fingerprint density at radius 3 is 2.07 bits per heavy atom. The minimum Gasteiger partial charge on any atom is -0.268 e. The molecule has 4 nitrogen and oxygen atoms in total. The molecule has 0 amide bonds. The number of nitrogens with zero attached hydrogens (tertiary/aromatic N) is 4. The van der Waals surface area contributed by atoms with Crippen LogP contribution < -0.4 is 0 Å². The maximum absolute atomic E-state index is 4.67. The van der Waals surface area contributed by atoms with E-state index in [2.05, 4.69) is 74.3 Å². The van der Waals surface area contributed by atoms with Gasteiger partial charge >= 0.3 is 0 Å². The molecule has 0 atom stereocenters. The Hall–Kier alpha value is -2.62. The first-order chi connectivity index (χ1) is 13.8. The normalized spacial score (nSPS) is 14.1. The molecular formula is C25H32N4. The highest BCUT2D eigenvalue weighted by atomic mass is 15.3. The van der Waals surface area contributed by atoms with Crippen LogP contribution in [0.4, 0.5) is 0 Å². The van der Waals surface area contributed by atoms with Crippen molar-refractivity contribution in [3.8, 4) is 0 Å². The largest absolute Gasteiger partial charge is 0.268 e. The van der Waals surface area contributed by atoms with Gasteiger partial charge < -0.3 is 0 Å². The van der Waals surface area contributed by atoms with E-state index in [1.54, 1.807) is 0 Å². The Morgan fingerprint density at radius 1 is 0.828 bits per heavy atom. The van der Waals surface area contributed by atoms with Crippen LogP contribution >= 0.6 is 0 Å². The predicted molar refractivity (Wildman–Crippen MR) is 122 cm³/mol. The van der Waals surface area contributed by atoms with Crippen LogP contribution in [0.15, 0.2) is 42.6 Å². The quantitative estimate of drug-likeness (QED) is 0.414. The van der Waals surface area contributed by atoms with Crippen LogP contribution in [0, 0.1) is 0 Å². The van der Waals surface area contributed by atoms with Crippen LogP contribution in [-0.4, -0.2) is 19.6 Å². The van der Waals surface area contributed by atoms with Gasteiger partial charge in [0.25, 0.3) is 0 Å². The van der Waals surface area contributed by atoms with E-state index in [0.29, 0.717) is 11.8 Å². The molecule has 4 heteroatoms. The van der Waals surface area contributed by atoms with Gasteiger partial charge in [0.05, 0.1) is 22.9 Å². The fourth-order valence-corrected chi connectivity index (χ4v) is 3.87. The van der Waals surface area contributed by atoms with E-state index in [1.165, 1.54) is 51.5 Å². The van der Waals surface area contributed by atoms with Crippen LogP contribution in [0.3, 0.4) is 0 Å². The number of hydrogen-bond donors (Lipinski definition) is 0. The van der Waals surface area contributed by atoms with E-state index < -0.39 is 0 Å². The summed E-state index contributed by atoms with van der Waals surface area (Å²) in [6.45, 7) is 8.90. The highest BCUT2D eigenvalue weighted by Crippen LogP contribution is 2.42. The molecule has 0 spiro atoms. The minimum absolute atomic E-state index is 0.588. The highest BCUT2D eigenvalue weighted by molar-refractivity contribution is 5.83. The van der Waals surface area contributed by atoms with Crippen LogP contribution in [0.25, 0.3) is 21.8 Å². The molecular weight excluding hydrogens is 356 g/mol. The van der Waals surface area contributed by atoms with Crippen molar-refractivity contribution in [3.05, 3.63) is 59.4 Å². The number of benzene rings is 2. The highest BCUT2D eigenvalue weighted by Gasteiger charge is 2.28. The molecule has 0 saturated heterocycles. The maximum Gasteiger partial charge on any atom is 0.0734 e. The molecule has 2 aromatic carbocycles. The number of aromatic nitrogens is 4. The second-order valence-corrected chi connectivity index (χ2v) is 8.96. The van der Waals surface area contributed by atoms with Crippen LogP contribution in [0.5, 0.6) is 0 Å². The lowest BCUT2D eigenvalue weighted by Gasteiger charge is -2.05. The molecule has 1 saturated carbocycles. The van der Waals surface area contributed by atoms with Crippen molar-refractivity contribution in [1.82, 2.24) is 19.6 Å². The van der Waals surface area contributed by atoms with Gasteiger partial charge in [-0.1, -0.05) is 39.8 Å². The molecule has 1 aliphatic rings. The predicted octanol–water partition coefficient (Wildman–Crippen LogP) is 6.27. The van der Waals surface area contributed by atoms with Gasteiger partial charge in [-0.2, -0.15) is 10.2 Å². The second-order valence-electron chi connectivity index (χ2n) is 8.96. The zero-order chi connectivity index (χ0) is 20.7. The summed E-state index contributed by atoms with van der Waals surface area (Å²) in [4.78, 5) is 0. The van der Waals surface area contributed by atoms with E-state index in [4.69, 9.17) is 0 Å². The van der Waals surface area contributed by atoms with Gasteiger partial charge in [-0.05, 0) is 60.1 Å².